The SMILES string of the molecule is O=C(Cn1c2c(sc1=O)[C@@H](c1cccs1)[C@@H]1C(=O)N(c3ccccc3)C(=O)[C@@H]1S2)Nc1cccc(C(F)(F)F)c1. The van der Waals surface area contributed by atoms with Crippen LogP contribution in [0, 0.1) is 5.92 Å². The first kappa shape index (κ1) is 26.5. The van der Waals surface area contributed by atoms with Gasteiger partial charge in [0.05, 0.1) is 22.2 Å². The molecule has 7 nitrogen and oxygen atoms in total. The van der Waals surface area contributed by atoms with Gasteiger partial charge < -0.3 is 5.32 Å². The molecule has 3 atom stereocenters. The number of hydrogen-bond acceptors (Lipinski definition) is 7. The van der Waals surface area contributed by atoms with E-state index in [4.69, 9.17) is 0 Å². The molecule has 2 aliphatic rings. The van der Waals surface area contributed by atoms with Gasteiger partial charge in [-0.1, -0.05) is 53.4 Å². The summed E-state index contributed by atoms with van der Waals surface area (Å²) in [5.41, 5.74) is -0.516. The molecule has 0 radical (unpaired) electrons. The normalized spacial score (nSPS) is 20.4. The number of carbonyl (C=O) groups excluding carboxylic acids is 3. The molecule has 0 unspecified atom stereocenters. The molecule has 0 aliphatic carbocycles. The summed E-state index contributed by atoms with van der Waals surface area (Å²) in [7, 11) is 0. The molecule has 13 heteroatoms. The molecule has 40 heavy (non-hydrogen) atoms. The average molecular weight is 602 g/mol. The number of aromatic nitrogens is 1. The second-order valence-electron chi connectivity index (χ2n) is 9.16. The van der Waals surface area contributed by atoms with E-state index in [2.05, 4.69) is 5.32 Å². The highest BCUT2D eigenvalue weighted by molar-refractivity contribution is 8.00. The third kappa shape index (κ3) is 4.57. The maximum Gasteiger partial charge on any atom is 0.416 e. The van der Waals surface area contributed by atoms with Gasteiger partial charge in [0.25, 0.3) is 0 Å². The lowest BCUT2D eigenvalue weighted by molar-refractivity contribution is -0.137. The van der Waals surface area contributed by atoms with E-state index < -0.39 is 52.1 Å². The zero-order chi connectivity index (χ0) is 28.2. The van der Waals surface area contributed by atoms with Crippen LogP contribution in [-0.2, 0) is 27.1 Å². The van der Waals surface area contributed by atoms with Crippen molar-refractivity contribution >= 4 is 63.5 Å². The Morgan fingerprint density at radius 2 is 1.73 bits per heavy atom. The summed E-state index contributed by atoms with van der Waals surface area (Å²) in [6.07, 6.45) is -4.58. The molecule has 204 valence electrons. The molecule has 2 aromatic carbocycles. The molecule has 0 bridgehead atoms. The van der Waals surface area contributed by atoms with E-state index in [1.165, 1.54) is 32.9 Å². The quantitative estimate of drug-likeness (QED) is 0.309. The van der Waals surface area contributed by atoms with E-state index >= 15 is 0 Å². The molecule has 2 aliphatic heterocycles. The molecule has 4 heterocycles. The van der Waals surface area contributed by atoms with Crippen molar-refractivity contribution in [2.45, 2.75) is 28.9 Å². The topological polar surface area (TPSA) is 88.5 Å². The number of halogens is 3. The lowest BCUT2D eigenvalue weighted by Gasteiger charge is -2.29. The summed E-state index contributed by atoms with van der Waals surface area (Å²) >= 11 is 3.40. The smallest absolute Gasteiger partial charge is 0.325 e. The number of amides is 3. The van der Waals surface area contributed by atoms with Crippen molar-refractivity contribution in [2.24, 2.45) is 5.92 Å². The average Bonchev–Trinajstić information content (AvgIpc) is 3.62. The predicted molar refractivity (Wildman–Crippen MR) is 147 cm³/mol. The summed E-state index contributed by atoms with van der Waals surface area (Å²) in [6, 6.07) is 16.5. The fourth-order valence-electron chi connectivity index (χ4n) is 4.98. The number of thioether (sulfide) groups is 1. The van der Waals surface area contributed by atoms with Gasteiger partial charge in [0.2, 0.25) is 17.7 Å². The second kappa shape index (κ2) is 10.1. The number of rotatable bonds is 5. The lowest BCUT2D eigenvalue weighted by Crippen LogP contribution is -2.32. The molecule has 0 spiro atoms. The summed E-state index contributed by atoms with van der Waals surface area (Å²) in [6.45, 7) is -0.465. The molecule has 4 aromatic rings. The molecule has 6 rings (SSSR count). The standard InChI is InChI=1S/C27H18F3N3O4S3/c28-27(29,30)14-6-4-7-15(12-14)31-18(34)13-32-25-22(40-26(32)37)19(17-10-5-11-38-17)20-21(39-25)24(36)33(23(20)35)16-8-2-1-3-9-16/h1-12,19-21H,13H2,(H,31,34)/t19-,20-,21+/m0/s1. The third-order valence-corrected chi connectivity index (χ3v) is 10.2. The number of benzene rings is 2. The van der Waals surface area contributed by atoms with Crippen LogP contribution in [0.5, 0.6) is 0 Å². The van der Waals surface area contributed by atoms with Crippen LogP contribution in [0.3, 0.4) is 0 Å². The summed E-state index contributed by atoms with van der Waals surface area (Å²) in [5.74, 6) is -2.76. The number of para-hydroxylation sites is 1. The fourth-order valence-corrected chi connectivity index (χ4v) is 8.70. The lowest BCUT2D eigenvalue weighted by atomic mass is 9.87. The van der Waals surface area contributed by atoms with E-state index in [-0.39, 0.29) is 11.6 Å². The number of anilines is 2. The van der Waals surface area contributed by atoms with Crippen LogP contribution in [0.2, 0.25) is 0 Å². The minimum Gasteiger partial charge on any atom is -0.325 e. The maximum absolute atomic E-state index is 13.7. The molecule has 1 fully saturated rings. The van der Waals surface area contributed by atoms with Gasteiger partial charge in [-0.25, -0.2) is 4.90 Å². The number of hydrogen-bond donors (Lipinski definition) is 1. The number of fused-ring (bicyclic) bond motifs is 2. The van der Waals surface area contributed by atoms with Gasteiger partial charge in [0, 0.05) is 21.4 Å². The van der Waals surface area contributed by atoms with Crippen LogP contribution in [0.4, 0.5) is 24.5 Å². The number of nitrogens with zero attached hydrogens (tertiary/aromatic N) is 2. The molecular weight excluding hydrogens is 584 g/mol. The van der Waals surface area contributed by atoms with Gasteiger partial charge in [-0.2, -0.15) is 13.2 Å². The molecule has 3 amide bonds. The van der Waals surface area contributed by atoms with Gasteiger partial charge in [-0.3, -0.25) is 23.7 Å². The number of thiophene rings is 1. The first-order valence-electron chi connectivity index (χ1n) is 12.0. The number of nitrogens with one attached hydrogen (secondary N) is 1. The Bertz CT molecular complexity index is 1680. The van der Waals surface area contributed by atoms with Crippen LogP contribution in [0.25, 0.3) is 0 Å². The van der Waals surface area contributed by atoms with E-state index in [0.29, 0.717) is 15.6 Å². The van der Waals surface area contributed by atoms with Crippen molar-refractivity contribution < 1.29 is 27.6 Å². The van der Waals surface area contributed by atoms with Crippen LogP contribution < -0.4 is 15.1 Å². The number of carbonyl (C=O) groups is 3. The van der Waals surface area contributed by atoms with E-state index in [0.717, 1.165) is 40.1 Å². The largest absolute Gasteiger partial charge is 0.416 e. The Hall–Kier alpha value is -3.68. The van der Waals surface area contributed by atoms with Gasteiger partial charge >= 0.3 is 11.0 Å². The van der Waals surface area contributed by atoms with Crippen LogP contribution in [0.1, 0.15) is 21.2 Å². The number of alkyl halides is 3. The molecular formula is C27H18F3N3O4S3. The first-order chi connectivity index (χ1) is 19.1. The Morgan fingerprint density at radius 1 is 0.950 bits per heavy atom. The van der Waals surface area contributed by atoms with Crippen molar-refractivity contribution in [3.8, 4) is 0 Å². The summed E-state index contributed by atoms with van der Waals surface area (Å²) in [4.78, 5) is 55.4. The Kier molecular flexibility index (Phi) is 6.67. The van der Waals surface area contributed by atoms with E-state index in [9.17, 15) is 32.3 Å². The number of imide groups is 1. The fraction of sp³-hybridized carbons (Fsp3) is 0.185. The summed E-state index contributed by atoms with van der Waals surface area (Å²) in [5, 5.41) is 3.86. The number of thiazole rings is 1. The maximum atomic E-state index is 13.7. The highest BCUT2D eigenvalue weighted by atomic mass is 32.2. The second-order valence-corrected chi connectivity index (χ2v) is 12.3. The van der Waals surface area contributed by atoms with Gasteiger partial charge in [0.1, 0.15) is 11.8 Å². The highest BCUT2D eigenvalue weighted by Gasteiger charge is 2.57. The first-order valence-corrected chi connectivity index (χ1v) is 14.5. The van der Waals surface area contributed by atoms with Crippen molar-refractivity contribution in [3.05, 3.63) is 97.1 Å². The van der Waals surface area contributed by atoms with Crippen LogP contribution in [-0.4, -0.2) is 27.5 Å². The van der Waals surface area contributed by atoms with Crippen molar-refractivity contribution in [1.82, 2.24) is 4.57 Å². The Morgan fingerprint density at radius 3 is 2.42 bits per heavy atom. The molecule has 0 saturated carbocycles. The van der Waals surface area contributed by atoms with Gasteiger partial charge in [0.15, 0.2) is 0 Å². The highest BCUT2D eigenvalue weighted by Crippen LogP contribution is 2.54. The molecule has 2 aromatic heterocycles. The monoisotopic (exact) mass is 601 g/mol. The molecule has 1 N–H and O–H groups in total. The van der Waals surface area contributed by atoms with Crippen LogP contribution >= 0.6 is 34.4 Å². The third-order valence-electron chi connectivity index (χ3n) is 6.69. The van der Waals surface area contributed by atoms with Gasteiger partial charge in [-0.15, -0.1) is 11.3 Å². The zero-order valence-corrected chi connectivity index (χ0v) is 22.7. The zero-order valence-electron chi connectivity index (χ0n) is 20.3. The van der Waals surface area contributed by atoms with Gasteiger partial charge in [-0.05, 0) is 41.8 Å². The molecule has 1 saturated heterocycles. The van der Waals surface area contributed by atoms with Crippen molar-refractivity contribution in [3.63, 3.8) is 0 Å². The Labute approximate surface area is 237 Å². The Balaban J connectivity index is 1.35. The van der Waals surface area contributed by atoms with E-state index in [1.54, 1.807) is 30.3 Å². The minimum absolute atomic E-state index is 0.0591. The van der Waals surface area contributed by atoms with Crippen molar-refractivity contribution in [1.29, 1.82) is 0 Å². The summed E-state index contributed by atoms with van der Waals surface area (Å²) < 4.78 is 40.5. The van der Waals surface area contributed by atoms with Crippen molar-refractivity contribution in [2.75, 3.05) is 10.2 Å². The van der Waals surface area contributed by atoms with Crippen LogP contribution in [0.15, 0.2) is 81.9 Å². The predicted octanol–water partition coefficient (Wildman–Crippen LogP) is 5.42. The van der Waals surface area contributed by atoms with E-state index in [1.807, 2.05) is 17.5 Å². The minimum atomic E-state index is -4.58.